The van der Waals surface area contributed by atoms with Gasteiger partial charge in [0.05, 0.1) is 48.1 Å². The van der Waals surface area contributed by atoms with Crippen molar-refractivity contribution in [3.8, 4) is 11.4 Å². The molecule has 5 aromatic rings. The fraction of sp³-hybridized carbons (Fsp3) is 0.182. The second kappa shape index (κ2) is 13.9. The molecule has 1 N–H and O–H groups in total. The van der Waals surface area contributed by atoms with Gasteiger partial charge in [-0.15, -0.1) is 21.5 Å². The maximum atomic E-state index is 13.7. The lowest BCUT2D eigenvalue weighted by Gasteiger charge is -2.22. The van der Waals surface area contributed by atoms with Crippen LogP contribution < -0.4 is 10.1 Å². The number of hydrazone groups is 1. The molecule has 12 heteroatoms. The van der Waals surface area contributed by atoms with Gasteiger partial charge in [0.15, 0.2) is 11.0 Å². The Morgan fingerprint density at radius 2 is 1.78 bits per heavy atom. The number of rotatable bonds is 11. The van der Waals surface area contributed by atoms with Gasteiger partial charge < -0.3 is 10.1 Å². The number of carbonyl (C=O) groups is 2. The first-order chi connectivity index (χ1) is 22.0. The average Bonchev–Trinajstić information content (AvgIpc) is 3.84. The number of methoxy groups -OCH3 is 1. The molecule has 2 amide bonds. The van der Waals surface area contributed by atoms with Crippen molar-refractivity contribution in [2.45, 2.75) is 30.6 Å². The summed E-state index contributed by atoms with van der Waals surface area (Å²) in [7, 11) is 1.58. The first kappa shape index (κ1) is 30.2. The maximum absolute atomic E-state index is 13.7. The van der Waals surface area contributed by atoms with Crippen molar-refractivity contribution >= 4 is 40.6 Å². The lowest BCUT2D eigenvalue weighted by atomic mass is 10.0. The maximum Gasteiger partial charge on any atom is 0.253 e. The van der Waals surface area contributed by atoms with E-state index < -0.39 is 0 Å². The Kier molecular flexibility index (Phi) is 9.32. The van der Waals surface area contributed by atoms with E-state index in [2.05, 4.69) is 15.5 Å². The number of benzene rings is 3. The number of hydrogen-bond acceptors (Lipinski definition) is 8. The van der Waals surface area contributed by atoms with E-state index in [9.17, 15) is 14.0 Å². The number of nitrogens with zero attached hydrogens (tertiary/aromatic N) is 5. The van der Waals surface area contributed by atoms with Crippen LogP contribution in [0.15, 0.2) is 107 Å². The summed E-state index contributed by atoms with van der Waals surface area (Å²) in [5, 5.41) is 20.3. The predicted molar refractivity (Wildman–Crippen MR) is 172 cm³/mol. The normalized spacial score (nSPS) is 14.3. The highest BCUT2D eigenvalue weighted by Gasteiger charge is 2.34. The number of thioether (sulfide) groups is 1. The van der Waals surface area contributed by atoms with E-state index in [1.54, 1.807) is 35.1 Å². The van der Waals surface area contributed by atoms with Gasteiger partial charge in [-0.2, -0.15) is 5.10 Å². The zero-order chi connectivity index (χ0) is 31.2. The summed E-state index contributed by atoms with van der Waals surface area (Å²) >= 11 is 2.77. The molecule has 45 heavy (non-hydrogen) atoms. The van der Waals surface area contributed by atoms with Gasteiger partial charge in [0.1, 0.15) is 11.6 Å². The lowest BCUT2D eigenvalue weighted by Crippen LogP contribution is -2.28. The van der Waals surface area contributed by atoms with Gasteiger partial charge in [0, 0.05) is 6.42 Å². The topological polar surface area (TPSA) is 102 Å². The fourth-order valence-electron chi connectivity index (χ4n) is 5.05. The number of halogens is 1. The molecule has 6 rings (SSSR count). The van der Waals surface area contributed by atoms with Crippen molar-refractivity contribution in [3.63, 3.8) is 0 Å². The Bertz CT molecular complexity index is 1810. The molecule has 0 fully saturated rings. The van der Waals surface area contributed by atoms with Crippen LogP contribution in [0.4, 0.5) is 4.39 Å². The van der Waals surface area contributed by atoms with Crippen LogP contribution in [0, 0.1) is 5.82 Å². The van der Waals surface area contributed by atoms with Crippen molar-refractivity contribution in [1.82, 2.24) is 25.1 Å². The third-order valence-electron chi connectivity index (χ3n) is 7.23. The van der Waals surface area contributed by atoms with Gasteiger partial charge in [-0.1, -0.05) is 72.4 Å². The second-order valence-corrected chi connectivity index (χ2v) is 12.1. The summed E-state index contributed by atoms with van der Waals surface area (Å²) in [4.78, 5) is 27.4. The number of amides is 2. The summed E-state index contributed by atoms with van der Waals surface area (Å²) in [5.74, 6) is 0.371. The third-order valence-corrected chi connectivity index (χ3v) is 9.06. The number of nitrogens with one attached hydrogen (secondary N) is 1. The minimum atomic E-state index is -0.363. The van der Waals surface area contributed by atoms with Crippen molar-refractivity contribution in [1.29, 1.82) is 0 Å². The van der Waals surface area contributed by atoms with E-state index in [-0.39, 0.29) is 42.4 Å². The van der Waals surface area contributed by atoms with Crippen LogP contribution in [-0.4, -0.2) is 50.2 Å². The van der Waals surface area contributed by atoms with E-state index >= 15 is 0 Å². The van der Waals surface area contributed by atoms with Crippen LogP contribution in [0.5, 0.6) is 5.75 Å². The summed E-state index contributed by atoms with van der Waals surface area (Å²) in [6, 6.07) is 26.6. The SMILES string of the molecule is COc1ccccc1-n1c(CNC(=O)Cc2ccccc2)nnc1SCC(=O)N1N=C(c2cccs2)C[C@@H]1c1ccc(F)cc1. The smallest absolute Gasteiger partial charge is 0.253 e. The summed E-state index contributed by atoms with van der Waals surface area (Å²) < 4.78 is 21.1. The van der Waals surface area contributed by atoms with E-state index in [1.165, 1.54) is 28.9 Å². The number of ether oxygens (including phenoxy) is 1. The van der Waals surface area contributed by atoms with E-state index in [0.717, 1.165) is 21.7 Å². The van der Waals surface area contributed by atoms with Crippen molar-refractivity contribution < 1.29 is 18.7 Å². The summed E-state index contributed by atoms with van der Waals surface area (Å²) in [6.07, 6.45) is 0.756. The van der Waals surface area contributed by atoms with Gasteiger partial charge in [-0.05, 0) is 46.8 Å². The van der Waals surface area contributed by atoms with Gasteiger partial charge in [-0.25, -0.2) is 9.40 Å². The predicted octanol–water partition coefficient (Wildman–Crippen LogP) is 5.81. The summed E-state index contributed by atoms with van der Waals surface area (Å²) in [6.45, 7) is 0.123. The highest BCUT2D eigenvalue weighted by molar-refractivity contribution is 7.99. The Labute approximate surface area is 267 Å². The van der Waals surface area contributed by atoms with Gasteiger partial charge >= 0.3 is 0 Å². The molecule has 0 saturated heterocycles. The highest BCUT2D eigenvalue weighted by Crippen LogP contribution is 2.35. The zero-order valence-corrected chi connectivity index (χ0v) is 25.9. The molecule has 1 aliphatic rings. The van der Waals surface area contributed by atoms with Crippen LogP contribution in [0.1, 0.15) is 34.3 Å². The Balaban J connectivity index is 1.23. The number of hydrogen-bond donors (Lipinski definition) is 1. The average molecular weight is 641 g/mol. The van der Waals surface area contributed by atoms with Gasteiger partial charge in [0.25, 0.3) is 5.91 Å². The summed E-state index contributed by atoms with van der Waals surface area (Å²) in [5.41, 5.74) is 3.19. The van der Waals surface area contributed by atoms with Crippen LogP contribution >= 0.6 is 23.1 Å². The first-order valence-electron chi connectivity index (χ1n) is 14.2. The molecule has 1 atom stereocenters. The number of thiophene rings is 1. The molecule has 0 spiro atoms. The highest BCUT2D eigenvalue weighted by atomic mass is 32.2. The number of para-hydroxylation sites is 2. The molecule has 3 heterocycles. The van der Waals surface area contributed by atoms with Gasteiger partial charge in [0.2, 0.25) is 5.91 Å². The molecule has 1 aliphatic heterocycles. The molecule has 2 aromatic heterocycles. The molecule has 3 aromatic carbocycles. The zero-order valence-electron chi connectivity index (χ0n) is 24.3. The Morgan fingerprint density at radius 1 is 1.00 bits per heavy atom. The van der Waals surface area contributed by atoms with E-state index in [4.69, 9.17) is 9.84 Å². The molecular weight excluding hydrogens is 612 g/mol. The van der Waals surface area contributed by atoms with Crippen LogP contribution in [0.25, 0.3) is 5.69 Å². The van der Waals surface area contributed by atoms with Crippen LogP contribution in [-0.2, 0) is 22.6 Å². The number of carbonyl (C=O) groups excluding carboxylic acids is 2. The molecule has 0 saturated carbocycles. The Morgan fingerprint density at radius 3 is 2.53 bits per heavy atom. The largest absolute Gasteiger partial charge is 0.495 e. The van der Waals surface area contributed by atoms with Crippen LogP contribution in [0.3, 0.4) is 0 Å². The first-order valence-corrected chi connectivity index (χ1v) is 16.1. The fourth-order valence-corrected chi connectivity index (χ4v) is 6.59. The number of aromatic nitrogens is 3. The van der Waals surface area contributed by atoms with Crippen molar-refractivity contribution in [2.24, 2.45) is 5.10 Å². The Hall–Kier alpha value is -4.81. The molecule has 0 unspecified atom stereocenters. The van der Waals surface area contributed by atoms with Crippen LogP contribution in [0.2, 0.25) is 0 Å². The molecule has 0 aliphatic carbocycles. The van der Waals surface area contributed by atoms with Crippen molar-refractivity contribution in [3.05, 3.63) is 124 Å². The molecule has 0 bridgehead atoms. The molecule has 228 valence electrons. The van der Waals surface area contributed by atoms with E-state index in [0.29, 0.717) is 28.8 Å². The van der Waals surface area contributed by atoms with E-state index in [1.807, 2.05) is 72.1 Å². The second-order valence-electron chi connectivity index (χ2n) is 10.2. The lowest BCUT2D eigenvalue weighted by molar-refractivity contribution is -0.130. The minimum absolute atomic E-state index is 0.0204. The third kappa shape index (κ3) is 6.97. The van der Waals surface area contributed by atoms with Gasteiger partial charge in [-0.3, -0.25) is 14.2 Å². The molecule has 9 nitrogen and oxygen atoms in total. The molecular formula is C33H29FN6O3S2. The monoisotopic (exact) mass is 640 g/mol. The molecule has 0 radical (unpaired) electrons. The minimum Gasteiger partial charge on any atom is -0.495 e. The quantitative estimate of drug-likeness (QED) is 0.183. The standard InChI is InChI=1S/C33H29FN6O3S2/c1-43-28-11-6-5-10-26(28)39-30(20-35-31(41)18-22-8-3-2-4-9-22)36-37-33(39)45-21-32(42)40-27(23-13-15-24(34)16-14-23)19-25(38-40)29-12-7-17-44-29/h2-17,27H,18-21H2,1H3,(H,35,41)/t27-/m1/s1. The van der Waals surface area contributed by atoms with Crippen molar-refractivity contribution in [2.75, 3.05) is 12.9 Å².